The van der Waals surface area contributed by atoms with E-state index >= 15 is 0 Å². The Labute approximate surface area is 97.0 Å². The van der Waals surface area contributed by atoms with E-state index in [1.54, 1.807) is 0 Å². The Balaban J connectivity index is 2.52. The van der Waals surface area contributed by atoms with Crippen molar-refractivity contribution >= 4 is 20.0 Å². The van der Waals surface area contributed by atoms with Gasteiger partial charge >= 0.3 is 5.97 Å². The monoisotopic (exact) mass is 239 g/mol. The minimum atomic E-state index is -1.41. The number of ether oxygens (including phenoxy) is 1. The summed E-state index contributed by atoms with van der Waals surface area (Å²) in [4.78, 5) is 23.4. The van der Waals surface area contributed by atoms with E-state index in [2.05, 4.69) is 31.1 Å². The molecular formula is C11H17NO3Si. The Morgan fingerprint density at radius 1 is 1.56 bits per heavy atom. The molecule has 1 atom stereocenters. The van der Waals surface area contributed by atoms with Crippen LogP contribution in [0.25, 0.3) is 0 Å². The lowest BCUT2D eigenvalue weighted by atomic mass is 10.0. The van der Waals surface area contributed by atoms with Crippen LogP contribution >= 0.6 is 0 Å². The highest BCUT2D eigenvalue weighted by molar-refractivity contribution is 6.83. The molecule has 0 aromatic heterocycles. The van der Waals surface area contributed by atoms with Gasteiger partial charge in [0.15, 0.2) is 6.73 Å². The molecule has 1 aliphatic rings. The molecule has 0 saturated carbocycles. The lowest BCUT2D eigenvalue weighted by Crippen LogP contribution is -2.53. The van der Waals surface area contributed by atoms with Crippen molar-refractivity contribution in [1.29, 1.82) is 0 Å². The number of rotatable bonds is 2. The first-order chi connectivity index (χ1) is 7.29. The molecule has 0 N–H and O–H groups in total. The number of amides is 1. The van der Waals surface area contributed by atoms with Gasteiger partial charge in [0.1, 0.15) is 14.1 Å². The molecule has 0 spiro atoms. The summed E-state index contributed by atoms with van der Waals surface area (Å²) < 4.78 is 4.79. The maximum atomic E-state index is 11.3. The number of likely N-dealkylation sites (tertiary alicyclic amines) is 1. The van der Waals surface area contributed by atoms with Crippen LogP contribution in [0.1, 0.15) is 13.3 Å². The van der Waals surface area contributed by atoms with E-state index in [0.29, 0.717) is 6.42 Å². The average molecular weight is 239 g/mol. The second-order valence-corrected chi connectivity index (χ2v) is 9.62. The standard InChI is InChI=1S/C11H17NO3Si/c1-9(13)15-8-12-10(7-11(12)14)5-6-16(2,3)4/h10H,7-8H2,1-4H3/t10-/m0/s1. The molecule has 5 heteroatoms. The molecule has 16 heavy (non-hydrogen) atoms. The summed E-state index contributed by atoms with van der Waals surface area (Å²) in [5.74, 6) is 2.71. The first kappa shape index (κ1) is 12.8. The van der Waals surface area contributed by atoms with Crippen LogP contribution in [-0.4, -0.2) is 37.6 Å². The Morgan fingerprint density at radius 2 is 2.19 bits per heavy atom. The van der Waals surface area contributed by atoms with Crippen LogP contribution in [0.4, 0.5) is 0 Å². The second-order valence-electron chi connectivity index (χ2n) is 4.87. The maximum Gasteiger partial charge on any atom is 0.304 e. The molecule has 0 radical (unpaired) electrons. The van der Waals surface area contributed by atoms with Gasteiger partial charge in [0.25, 0.3) is 0 Å². The van der Waals surface area contributed by atoms with E-state index in [1.807, 2.05) is 0 Å². The van der Waals surface area contributed by atoms with Gasteiger partial charge in [0.05, 0.1) is 6.42 Å². The summed E-state index contributed by atoms with van der Waals surface area (Å²) in [5.41, 5.74) is 3.22. The number of carbonyl (C=O) groups is 2. The third-order valence-electron chi connectivity index (χ3n) is 2.09. The van der Waals surface area contributed by atoms with Crippen LogP contribution in [0, 0.1) is 11.5 Å². The average Bonchev–Trinajstić information content (AvgIpc) is 2.09. The molecule has 1 aliphatic heterocycles. The van der Waals surface area contributed by atoms with Gasteiger partial charge in [-0.2, -0.15) is 0 Å². The molecule has 88 valence electrons. The Hall–Kier alpha value is -1.28. The number of hydrogen-bond donors (Lipinski definition) is 0. The van der Waals surface area contributed by atoms with Gasteiger partial charge in [-0.1, -0.05) is 25.6 Å². The predicted octanol–water partition coefficient (Wildman–Crippen LogP) is 0.989. The molecule has 1 heterocycles. The Bertz CT molecular complexity index is 362. The molecule has 0 aliphatic carbocycles. The predicted molar refractivity (Wildman–Crippen MR) is 63.0 cm³/mol. The quantitative estimate of drug-likeness (QED) is 0.312. The smallest absolute Gasteiger partial charge is 0.304 e. The maximum absolute atomic E-state index is 11.3. The lowest BCUT2D eigenvalue weighted by molar-refractivity contribution is -0.160. The number of hydrogen-bond acceptors (Lipinski definition) is 3. The van der Waals surface area contributed by atoms with E-state index in [0.717, 1.165) is 0 Å². The van der Waals surface area contributed by atoms with Crippen molar-refractivity contribution in [2.24, 2.45) is 0 Å². The van der Waals surface area contributed by atoms with Gasteiger partial charge < -0.3 is 4.74 Å². The van der Waals surface area contributed by atoms with Crippen molar-refractivity contribution in [3.63, 3.8) is 0 Å². The van der Waals surface area contributed by atoms with Crippen LogP contribution < -0.4 is 0 Å². The number of β-lactam (4-membered cyclic amide) rings is 1. The zero-order valence-corrected chi connectivity index (χ0v) is 11.2. The highest BCUT2D eigenvalue weighted by Crippen LogP contribution is 2.18. The number of nitrogens with zero attached hydrogens (tertiary/aromatic N) is 1. The van der Waals surface area contributed by atoms with Crippen LogP contribution in [0.2, 0.25) is 19.6 Å². The van der Waals surface area contributed by atoms with Crippen molar-refractivity contribution in [3.05, 3.63) is 0 Å². The van der Waals surface area contributed by atoms with E-state index < -0.39 is 8.07 Å². The number of esters is 1. The molecule has 0 aromatic rings. The molecule has 0 aromatic carbocycles. The van der Waals surface area contributed by atoms with E-state index in [4.69, 9.17) is 4.74 Å². The van der Waals surface area contributed by atoms with Crippen LogP contribution in [0.15, 0.2) is 0 Å². The molecule has 1 amide bonds. The summed E-state index contributed by atoms with van der Waals surface area (Å²) in [5, 5.41) is 0. The van der Waals surface area contributed by atoms with E-state index in [-0.39, 0.29) is 24.6 Å². The van der Waals surface area contributed by atoms with Crippen molar-refractivity contribution < 1.29 is 14.3 Å². The van der Waals surface area contributed by atoms with Crippen molar-refractivity contribution in [3.8, 4) is 11.5 Å². The highest BCUT2D eigenvalue weighted by Gasteiger charge is 2.35. The fourth-order valence-corrected chi connectivity index (χ4v) is 1.81. The summed E-state index contributed by atoms with van der Waals surface area (Å²) >= 11 is 0. The van der Waals surface area contributed by atoms with E-state index in [9.17, 15) is 9.59 Å². The minimum Gasteiger partial charge on any atom is -0.444 e. The summed E-state index contributed by atoms with van der Waals surface area (Å²) in [6.07, 6.45) is 0.443. The van der Waals surface area contributed by atoms with Crippen molar-refractivity contribution in [2.45, 2.75) is 39.0 Å². The topological polar surface area (TPSA) is 46.6 Å². The summed E-state index contributed by atoms with van der Waals surface area (Å²) in [6.45, 7) is 7.80. The Kier molecular flexibility index (Phi) is 3.76. The number of carbonyl (C=O) groups excluding carboxylic acids is 2. The van der Waals surface area contributed by atoms with Gasteiger partial charge in [0.2, 0.25) is 5.91 Å². The Morgan fingerprint density at radius 3 is 2.62 bits per heavy atom. The zero-order valence-electron chi connectivity index (χ0n) is 10.2. The SMILES string of the molecule is CC(=O)OCN1C(=O)C[C@@H]1C#C[Si](C)(C)C. The van der Waals surface area contributed by atoms with Crippen LogP contribution in [0.5, 0.6) is 0 Å². The van der Waals surface area contributed by atoms with Crippen molar-refractivity contribution in [2.75, 3.05) is 6.73 Å². The molecular weight excluding hydrogens is 222 g/mol. The van der Waals surface area contributed by atoms with Crippen LogP contribution in [-0.2, 0) is 14.3 Å². The normalized spacial score (nSPS) is 19.6. The first-order valence-corrected chi connectivity index (χ1v) is 8.75. The fraction of sp³-hybridized carbons (Fsp3) is 0.636. The summed E-state index contributed by atoms with van der Waals surface area (Å²) in [6, 6.07) is -0.0708. The van der Waals surface area contributed by atoms with Gasteiger partial charge in [-0.15, -0.1) is 5.54 Å². The molecule has 1 fully saturated rings. The molecule has 1 saturated heterocycles. The molecule has 1 rings (SSSR count). The zero-order chi connectivity index (χ0) is 12.3. The van der Waals surface area contributed by atoms with Gasteiger partial charge in [-0.25, -0.2) is 0 Å². The van der Waals surface area contributed by atoms with Gasteiger partial charge in [0, 0.05) is 6.92 Å². The van der Waals surface area contributed by atoms with E-state index in [1.165, 1.54) is 11.8 Å². The first-order valence-electron chi connectivity index (χ1n) is 5.25. The second kappa shape index (κ2) is 4.70. The molecule has 0 unspecified atom stereocenters. The third-order valence-corrected chi connectivity index (χ3v) is 2.98. The largest absolute Gasteiger partial charge is 0.444 e. The highest BCUT2D eigenvalue weighted by atomic mass is 28.3. The third kappa shape index (κ3) is 3.70. The van der Waals surface area contributed by atoms with Gasteiger partial charge in [-0.05, 0) is 0 Å². The van der Waals surface area contributed by atoms with Crippen molar-refractivity contribution in [1.82, 2.24) is 4.90 Å². The lowest BCUT2D eigenvalue weighted by Gasteiger charge is -2.36. The van der Waals surface area contributed by atoms with Gasteiger partial charge in [-0.3, -0.25) is 14.5 Å². The van der Waals surface area contributed by atoms with Crippen LogP contribution in [0.3, 0.4) is 0 Å². The molecule has 0 bridgehead atoms. The minimum absolute atomic E-state index is 0.00359. The molecule has 4 nitrogen and oxygen atoms in total. The fourth-order valence-electron chi connectivity index (χ4n) is 1.21. The summed E-state index contributed by atoms with van der Waals surface area (Å²) in [7, 11) is -1.41.